The lowest BCUT2D eigenvalue weighted by atomic mass is 10.00. The summed E-state index contributed by atoms with van der Waals surface area (Å²) in [5, 5.41) is 8.43. The van der Waals surface area contributed by atoms with E-state index in [1.807, 2.05) is 13.8 Å². The molecule has 0 saturated carbocycles. The van der Waals surface area contributed by atoms with Crippen LogP contribution in [-0.2, 0) is 15.4 Å². The summed E-state index contributed by atoms with van der Waals surface area (Å²) in [6.45, 7) is 7.86. The fraction of sp³-hybridized carbons (Fsp3) is 0.182. The van der Waals surface area contributed by atoms with Gasteiger partial charge in [0.2, 0.25) is 14.9 Å². The summed E-state index contributed by atoms with van der Waals surface area (Å²) in [6.07, 6.45) is 6.15. The number of pyridine rings is 1. The fourth-order valence-electron chi connectivity index (χ4n) is 3.33. The number of aromatic nitrogens is 3. The van der Waals surface area contributed by atoms with E-state index in [4.69, 9.17) is 4.42 Å². The second-order valence-electron chi connectivity index (χ2n) is 7.77. The van der Waals surface area contributed by atoms with Gasteiger partial charge in [-0.2, -0.15) is 5.10 Å². The highest BCUT2D eigenvalue weighted by Crippen LogP contribution is 2.30. The highest BCUT2D eigenvalue weighted by molar-refractivity contribution is 7.90. The van der Waals surface area contributed by atoms with Gasteiger partial charge < -0.3 is 9.73 Å². The summed E-state index contributed by atoms with van der Waals surface area (Å²) in [5.41, 5.74) is 2.00. The molecule has 160 valence electrons. The Hall–Kier alpha value is -3.46. The lowest BCUT2D eigenvalue weighted by Crippen LogP contribution is -2.34. The first-order chi connectivity index (χ1) is 14.6. The van der Waals surface area contributed by atoms with Gasteiger partial charge >= 0.3 is 0 Å². The summed E-state index contributed by atoms with van der Waals surface area (Å²) in [7, 11) is -3.44. The average Bonchev–Trinajstić information content (AvgIpc) is 3.36. The number of furan rings is 1. The molecule has 0 unspecified atom stereocenters. The van der Waals surface area contributed by atoms with Gasteiger partial charge in [0.25, 0.3) is 0 Å². The van der Waals surface area contributed by atoms with Crippen LogP contribution in [0.4, 0.5) is 4.39 Å². The maximum Gasteiger partial charge on any atom is 0.218 e. The van der Waals surface area contributed by atoms with Gasteiger partial charge in [0.05, 0.1) is 29.1 Å². The molecule has 1 N–H and O–H groups in total. The van der Waals surface area contributed by atoms with E-state index in [0.29, 0.717) is 17.1 Å². The molecule has 4 rings (SSSR count). The van der Waals surface area contributed by atoms with Crippen molar-refractivity contribution in [3.8, 4) is 5.69 Å². The van der Waals surface area contributed by atoms with Gasteiger partial charge in [-0.25, -0.2) is 17.5 Å². The van der Waals surface area contributed by atoms with Crippen LogP contribution in [0, 0.1) is 5.82 Å². The van der Waals surface area contributed by atoms with Crippen molar-refractivity contribution in [3.05, 3.63) is 78.7 Å². The third-order valence-corrected chi connectivity index (χ3v) is 5.87. The van der Waals surface area contributed by atoms with Gasteiger partial charge in [-0.3, -0.25) is 4.98 Å². The molecule has 0 spiro atoms. The third-order valence-electron chi connectivity index (χ3n) is 4.92. The molecule has 9 heteroatoms. The summed E-state index contributed by atoms with van der Waals surface area (Å²) in [5.74, 6) is 0.131. The minimum Gasteiger partial charge on any atom is -0.447 e. The summed E-state index contributed by atoms with van der Waals surface area (Å²) < 4.78 is 44.0. The normalized spacial score (nSPS) is 12.3. The number of hydrogen-bond acceptors (Lipinski definition) is 6. The number of hydrogen-bond donors (Lipinski definition) is 1. The minimum absolute atomic E-state index is 0.0904. The lowest BCUT2D eigenvalue weighted by Gasteiger charge is -2.26. The Balaban J connectivity index is 1.66. The standard InChI is InChI=1S/C22H21FN4O3S/c1-14(26-22(2,3)20-9-10-21(30-20)31(4,28)29)17-11-24-13-19-18(17)12-25-27(19)16-7-5-15(23)6-8-16/h5-13,26H,1H2,2-4H3. The Kier molecular flexibility index (Phi) is 4.93. The van der Waals surface area contributed by atoms with Crippen LogP contribution in [-0.4, -0.2) is 29.4 Å². The zero-order valence-electron chi connectivity index (χ0n) is 17.3. The van der Waals surface area contributed by atoms with Crippen molar-refractivity contribution >= 4 is 26.4 Å². The first kappa shape index (κ1) is 20.8. The van der Waals surface area contributed by atoms with Crippen molar-refractivity contribution in [1.29, 1.82) is 0 Å². The van der Waals surface area contributed by atoms with E-state index in [2.05, 4.69) is 22.0 Å². The molecule has 0 radical (unpaired) electrons. The van der Waals surface area contributed by atoms with Crippen molar-refractivity contribution in [1.82, 2.24) is 20.1 Å². The van der Waals surface area contributed by atoms with Crippen molar-refractivity contribution < 1.29 is 17.2 Å². The number of nitrogens with one attached hydrogen (secondary N) is 1. The largest absolute Gasteiger partial charge is 0.447 e. The van der Waals surface area contributed by atoms with Gasteiger partial charge in [-0.05, 0) is 50.2 Å². The van der Waals surface area contributed by atoms with E-state index < -0.39 is 15.4 Å². The Bertz CT molecular complexity index is 1390. The molecular formula is C22H21FN4O3S. The first-order valence-corrected chi connectivity index (χ1v) is 11.3. The highest BCUT2D eigenvalue weighted by atomic mass is 32.2. The fourth-order valence-corrected chi connectivity index (χ4v) is 3.89. The van der Waals surface area contributed by atoms with Crippen molar-refractivity contribution in [2.45, 2.75) is 24.5 Å². The van der Waals surface area contributed by atoms with Gasteiger partial charge in [-0.15, -0.1) is 0 Å². The molecule has 3 heterocycles. The monoisotopic (exact) mass is 440 g/mol. The summed E-state index contributed by atoms with van der Waals surface area (Å²) in [4.78, 5) is 4.31. The minimum atomic E-state index is -3.44. The second-order valence-corrected chi connectivity index (χ2v) is 9.72. The molecule has 0 fully saturated rings. The number of benzene rings is 1. The Morgan fingerprint density at radius 2 is 1.84 bits per heavy atom. The number of nitrogens with zero attached hydrogens (tertiary/aromatic N) is 3. The second kappa shape index (κ2) is 7.35. The van der Waals surface area contributed by atoms with Crippen LogP contribution in [0.5, 0.6) is 0 Å². The van der Waals surface area contributed by atoms with Crippen LogP contribution in [0.1, 0.15) is 25.2 Å². The maximum absolute atomic E-state index is 13.3. The molecule has 0 atom stereocenters. The summed E-state index contributed by atoms with van der Waals surface area (Å²) in [6, 6.07) is 9.09. The van der Waals surface area contributed by atoms with Crippen molar-refractivity contribution in [2.24, 2.45) is 0 Å². The number of fused-ring (bicyclic) bond motifs is 1. The number of sulfone groups is 1. The zero-order chi connectivity index (χ0) is 22.4. The molecule has 0 amide bonds. The molecule has 4 aromatic rings. The quantitative estimate of drug-likeness (QED) is 0.486. The van der Waals surface area contributed by atoms with Crippen LogP contribution >= 0.6 is 0 Å². The van der Waals surface area contributed by atoms with E-state index in [1.165, 1.54) is 18.2 Å². The van der Waals surface area contributed by atoms with Crippen LogP contribution in [0.15, 0.2) is 71.1 Å². The van der Waals surface area contributed by atoms with Crippen LogP contribution in [0.3, 0.4) is 0 Å². The van der Waals surface area contributed by atoms with E-state index >= 15 is 0 Å². The zero-order valence-corrected chi connectivity index (χ0v) is 18.1. The first-order valence-electron chi connectivity index (χ1n) is 9.42. The Labute approximate surface area is 179 Å². The topological polar surface area (TPSA) is 90.0 Å². The molecule has 0 saturated heterocycles. The Morgan fingerprint density at radius 1 is 1.13 bits per heavy atom. The molecule has 31 heavy (non-hydrogen) atoms. The van der Waals surface area contributed by atoms with E-state index in [-0.39, 0.29) is 10.9 Å². The predicted molar refractivity (Wildman–Crippen MR) is 116 cm³/mol. The van der Waals surface area contributed by atoms with E-state index in [9.17, 15) is 12.8 Å². The summed E-state index contributed by atoms with van der Waals surface area (Å²) >= 11 is 0. The van der Waals surface area contributed by atoms with Crippen LogP contribution in [0.2, 0.25) is 0 Å². The molecule has 1 aromatic carbocycles. The molecule has 0 aliphatic rings. The maximum atomic E-state index is 13.3. The SMILES string of the molecule is C=C(NC(C)(C)c1ccc(S(C)(=O)=O)o1)c1cncc2c1cnn2-c1ccc(F)cc1. The molecule has 0 aliphatic heterocycles. The highest BCUT2D eigenvalue weighted by Gasteiger charge is 2.27. The smallest absolute Gasteiger partial charge is 0.218 e. The number of halogens is 1. The predicted octanol–water partition coefficient (Wildman–Crippen LogP) is 4.05. The van der Waals surface area contributed by atoms with Gasteiger partial charge in [0, 0.05) is 29.1 Å². The van der Waals surface area contributed by atoms with Crippen molar-refractivity contribution in [2.75, 3.05) is 6.26 Å². The molecular weight excluding hydrogens is 419 g/mol. The molecule has 7 nitrogen and oxygen atoms in total. The van der Waals surface area contributed by atoms with E-state index in [1.54, 1.807) is 41.5 Å². The Morgan fingerprint density at radius 3 is 2.48 bits per heavy atom. The van der Waals surface area contributed by atoms with Gasteiger partial charge in [0.1, 0.15) is 11.6 Å². The van der Waals surface area contributed by atoms with Gasteiger partial charge in [0.15, 0.2) is 0 Å². The molecule has 0 aliphatic carbocycles. The third kappa shape index (κ3) is 3.96. The molecule has 3 aromatic heterocycles. The van der Waals surface area contributed by atoms with Crippen molar-refractivity contribution in [3.63, 3.8) is 0 Å². The van der Waals surface area contributed by atoms with Crippen LogP contribution < -0.4 is 5.32 Å². The van der Waals surface area contributed by atoms with Gasteiger partial charge in [-0.1, -0.05) is 6.58 Å². The van der Waals surface area contributed by atoms with Crippen LogP contribution in [0.25, 0.3) is 22.3 Å². The number of rotatable bonds is 6. The molecule has 0 bridgehead atoms. The van der Waals surface area contributed by atoms with E-state index in [0.717, 1.165) is 22.7 Å². The lowest BCUT2D eigenvalue weighted by molar-refractivity contribution is 0.320. The average molecular weight is 441 g/mol.